The van der Waals surface area contributed by atoms with Crippen LogP contribution in [0.1, 0.15) is 46.0 Å². The molecule has 1 aromatic rings. The zero-order valence-corrected chi connectivity index (χ0v) is 17.1. The lowest BCUT2D eigenvalue weighted by Crippen LogP contribution is -2.51. The zero-order valence-electron chi connectivity index (χ0n) is 16.3. The standard InChI is InChI=1S/C19H25FN4O3S/c1-12-18(22(3)19(28-12)21-14-7-5-4-6-8-14)23(13(2)25)17-11-15(24(26)27)9-10-16(17)20/h9-12,14,18H,4-8H2,1-3H3. The summed E-state index contributed by atoms with van der Waals surface area (Å²) in [5, 5.41) is 11.9. The van der Waals surface area contributed by atoms with E-state index in [1.54, 1.807) is 11.8 Å². The molecule has 0 aromatic heterocycles. The van der Waals surface area contributed by atoms with E-state index in [1.807, 2.05) is 18.9 Å². The summed E-state index contributed by atoms with van der Waals surface area (Å²) < 4.78 is 14.5. The number of carbonyl (C=O) groups is 1. The topological polar surface area (TPSA) is 79.0 Å². The second-order valence-corrected chi connectivity index (χ2v) is 8.68. The van der Waals surface area contributed by atoms with E-state index in [1.165, 1.54) is 31.1 Å². The van der Waals surface area contributed by atoms with E-state index < -0.39 is 16.9 Å². The van der Waals surface area contributed by atoms with Gasteiger partial charge < -0.3 is 4.90 Å². The van der Waals surface area contributed by atoms with Crippen LogP contribution in [0.5, 0.6) is 0 Å². The summed E-state index contributed by atoms with van der Waals surface area (Å²) in [5.74, 6) is -1.04. The highest BCUT2D eigenvalue weighted by Gasteiger charge is 2.41. The fraction of sp³-hybridized carbons (Fsp3) is 0.579. The number of amidine groups is 1. The van der Waals surface area contributed by atoms with Gasteiger partial charge in [-0.05, 0) is 25.8 Å². The highest BCUT2D eigenvalue weighted by molar-refractivity contribution is 8.14. The summed E-state index contributed by atoms with van der Waals surface area (Å²) in [6.07, 6.45) is 5.25. The van der Waals surface area contributed by atoms with E-state index in [4.69, 9.17) is 4.99 Å². The summed E-state index contributed by atoms with van der Waals surface area (Å²) in [4.78, 5) is 31.1. The van der Waals surface area contributed by atoms with E-state index in [0.717, 1.165) is 36.2 Å². The number of hydrogen-bond acceptors (Lipinski definition) is 5. The normalized spacial score (nSPS) is 24.6. The first kappa shape index (κ1) is 20.6. The molecular weight excluding hydrogens is 383 g/mol. The Labute approximate surface area is 168 Å². The summed E-state index contributed by atoms with van der Waals surface area (Å²) in [7, 11) is 1.84. The first-order valence-electron chi connectivity index (χ1n) is 9.50. The van der Waals surface area contributed by atoms with Crippen molar-refractivity contribution in [2.24, 2.45) is 4.99 Å². The van der Waals surface area contributed by atoms with Crippen molar-refractivity contribution in [3.8, 4) is 0 Å². The van der Waals surface area contributed by atoms with E-state index >= 15 is 0 Å². The number of rotatable bonds is 4. The predicted octanol–water partition coefficient (Wildman–Crippen LogP) is 4.17. The maximum atomic E-state index is 14.5. The van der Waals surface area contributed by atoms with Gasteiger partial charge in [0.15, 0.2) is 5.17 Å². The molecule has 1 saturated carbocycles. The van der Waals surface area contributed by atoms with Gasteiger partial charge in [0.1, 0.15) is 12.0 Å². The first-order chi connectivity index (χ1) is 13.3. The fourth-order valence-corrected chi connectivity index (χ4v) is 5.15. The maximum Gasteiger partial charge on any atom is 0.271 e. The molecule has 152 valence electrons. The Kier molecular flexibility index (Phi) is 6.22. The zero-order chi connectivity index (χ0) is 20.4. The van der Waals surface area contributed by atoms with Crippen molar-refractivity contribution in [3.63, 3.8) is 0 Å². The molecule has 2 atom stereocenters. The summed E-state index contributed by atoms with van der Waals surface area (Å²) >= 11 is 1.56. The summed E-state index contributed by atoms with van der Waals surface area (Å²) in [6.45, 7) is 3.31. The van der Waals surface area contributed by atoms with Crippen LogP contribution in [0.25, 0.3) is 0 Å². The van der Waals surface area contributed by atoms with Crippen molar-refractivity contribution in [1.82, 2.24) is 4.90 Å². The monoisotopic (exact) mass is 408 g/mol. The van der Waals surface area contributed by atoms with Crippen LogP contribution in [-0.2, 0) is 4.79 Å². The van der Waals surface area contributed by atoms with Crippen LogP contribution in [0.3, 0.4) is 0 Å². The van der Waals surface area contributed by atoms with Crippen molar-refractivity contribution in [2.45, 2.75) is 63.4 Å². The lowest BCUT2D eigenvalue weighted by atomic mass is 9.96. The van der Waals surface area contributed by atoms with Crippen LogP contribution in [0.15, 0.2) is 23.2 Å². The number of benzene rings is 1. The number of thioether (sulfide) groups is 1. The molecule has 2 fully saturated rings. The molecule has 1 aromatic carbocycles. The maximum absolute atomic E-state index is 14.5. The van der Waals surface area contributed by atoms with E-state index in [0.29, 0.717) is 0 Å². The minimum Gasteiger partial charge on any atom is -0.333 e. The van der Waals surface area contributed by atoms with Gasteiger partial charge in [0.25, 0.3) is 5.69 Å². The van der Waals surface area contributed by atoms with Crippen LogP contribution < -0.4 is 4.90 Å². The van der Waals surface area contributed by atoms with Gasteiger partial charge >= 0.3 is 0 Å². The molecule has 2 aliphatic rings. The third kappa shape index (κ3) is 4.14. The van der Waals surface area contributed by atoms with Gasteiger partial charge in [-0.2, -0.15) is 0 Å². The van der Waals surface area contributed by atoms with Gasteiger partial charge in [-0.25, -0.2) is 4.39 Å². The molecule has 1 aliphatic carbocycles. The Morgan fingerprint density at radius 2 is 2.04 bits per heavy atom. The molecule has 1 saturated heterocycles. The molecule has 9 heteroatoms. The van der Waals surface area contributed by atoms with E-state index in [-0.39, 0.29) is 28.6 Å². The smallest absolute Gasteiger partial charge is 0.271 e. The molecule has 0 bridgehead atoms. The van der Waals surface area contributed by atoms with Gasteiger partial charge in [-0.15, -0.1) is 0 Å². The Bertz CT molecular complexity index is 797. The molecule has 1 aliphatic heterocycles. The Hall–Kier alpha value is -2.16. The van der Waals surface area contributed by atoms with Crippen molar-refractivity contribution >= 4 is 34.2 Å². The third-order valence-electron chi connectivity index (χ3n) is 5.28. The lowest BCUT2D eigenvalue weighted by molar-refractivity contribution is -0.384. The number of nitro benzene ring substituents is 1. The van der Waals surface area contributed by atoms with Crippen molar-refractivity contribution in [3.05, 3.63) is 34.1 Å². The molecule has 28 heavy (non-hydrogen) atoms. The van der Waals surface area contributed by atoms with Crippen molar-refractivity contribution in [1.29, 1.82) is 0 Å². The second kappa shape index (κ2) is 8.46. The van der Waals surface area contributed by atoms with E-state index in [9.17, 15) is 19.3 Å². The lowest BCUT2D eigenvalue weighted by Gasteiger charge is -2.35. The Morgan fingerprint density at radius 1 is 1.36 bits per heavy atom. The number of nitrogens with zero attached hydrogens (tertiary/aromatic N) is 4. The molecular formula is C19H25FN4O3S. The predicted molar refractivity (Wildman–Crippen MR) is 109 cm³/mol. The molecule has 0 spiro atoms. The summed E-state index contributed by atoms with van der Waals surface area (Å²) in [6, 6.07) is 3.54. The summed E-state index contributed by atoms with van der Waals surface area (Å²) in [5.41, 5.74) is -0.329. The number of carbonyl (C=O) groups excluding carboxylic acids is 1. The van der Waals surface area contributed by atoms with Gasteiger partial charge in [-0.1, -0.05) is 31.0 Å². The Balaban J connectivity index is 1.94. The van der Waals surface area contributed by atoms with Crippen LogP contribution in [0, 0.1) is 15.9 Å². The van der Waals surface area contributed by atoms with Gasteiger partial charge in [0, 0.05) is 31.4 Å². The average molecular weight is 408 g/mol. The SMILES string of the molecule is CC(=O)N(c1cc([N+](=O)[O-])ccc1F)C1C(C)SC(=NC2CCCCC2)N1C. The number of nitro groups is 1. The third-order valence-corrected chi connectivity index (χ3v) is 6.50. The average Bonchev–Trinajstić information content (AvgIpc) is 2.91. The largest absolute Gasteiger partial charge is 0.333 e. The van der Waals surface area contributed by atoms with Crippen LogP contribution >= 0.6 is 11.8 Å². The van der Waals surface area contributed by atoms with Gasteiger partial charge in [0.05, 0.1) is 16.7 Å². The minimum atomic E-state index is -0.663. The second-order valence-electron chi connectivity index (χ2n) is 7.33. The molecule has 1 amide bonds. The molecule has 1 heterocycles. The molecule has 7 nitrogen and oxygen atoms in total. The van der Waals surface area contributed by atoms with Crippen LogP contribution in [0.2, 0.25) is 0 Å². The van der Waals surface area contributed by atoms with Crippen LogP contribution in [0.4, 0.5) is 15.8 Å². The quantitative estimate of drug-likeness (QED) is 0.552. The number of halogens is 1. The number of aliphatic imine (C=N–C) groups is 1. The minimum absolute atomic E-state index is 0.0603. The number of amides is 1. The van der Waals surface area contributed by atoms with Crippen LogP contribution in [-0.4, -0.2) is 45.4 Å². The molecule has 0 radical (unpaired) electrons. The van der Waals surface area contributed by atoms with Crippen molar-refractivity contribution in [2.75, 3.05) is 11.9 Å². The number of non-ortho nitro benzene ring substituents is 1. The van der Waals surface area contributed by atoms with Crippen molar-refractivity contribution < 1.29 is 14.1 Å². The van der Waals surface area contributed by atoms with Gasteiger partial charge in [0.2, 0.25) is 5.91 Å². The van der Waals surface area contributed by atoms with Gasteiger partial charge in [-0.3, -0.25) is 24.8 Å². The number of hydrogen-bond donors (Lipinski definition) is 0. The fourth-order valence-electron chi connectivity index (χ4n) is 3.91. The van der Waals surface area contributed by atoms with E-state index in [2.05, 4.69) is 0 Å². The first-order valence-corrected chi connectivity index (χ1v) is 10.4. The molecule has 3 rings (SSSR count). The molecule has 2 unspecified atom stereocenters. The number of anilines is 1. The Morgan fingerprint density at radius 3 is 2.64 bits per heavy atom. The molecule has 0 N–H and O–H groups in total. The highest BCUT2D eigenvalue weighted by atomic mass is 32.2. The highest BCUT2D eigenvalue weighted by Crippen LogP contribution is 2.37.